The molecule has 14 heteroatoms. The van der Waals surface area contributed by atoms with Crippen LogP contribution in [0.3, 0.4) is 0 Å². The highest BCUT2D eigenvalue weighted by molar-refractivity contribution is 6.03. The van der Waals surface area contributed by atoms with Crippen LogP contribution >= 0.6 is 0 Å². The van der Waals surface area contributed by atoms with Crippen LogP contribution in [0.2, 0.25) is 0 Å². The van der Waals surface area contributed by atoms with E-state index in [1.165, 1.54) is 16.8 Å². The number of amides is 1. The Bertz CT molecular complexity index is 1810. The fourth-order valence-electron chi connectivity index (χ4n) is 8.39. The molecule has 2 aromatic heterocycles. The van der Waals surface area contributed by atoms with Gasteiger partial charge in [-0.3, -0.25) is 29.3 Å². The first-order valence-electron chi connectivity index (χ1n) is 17.7. The van der Waals surface area contributed by atoms with Crippen LogP contribution < -0.4 is 4.90 Å². The van der Waals surface area contributed by atoms with Gasteiger partial charge in [0.05, 0.1) is 29.9 Å². The molecule has 0 spiro atoms. The predicted octanol–water partition coefficient (Wildman–Crippen LogP) is 6.03. The van der Waals surface area contributed by atoms with Crippen LogP contribution in [0, 0.1) is 46.3 Å². The Hall–Kier alpha value is -4.93. The molecular weight excluding hydrogens is 642 g/mol. The summed E-state index contributed by atoms with van der Waals surface area (Å²) in [6.07, 6.45) is 6.20. The topological polar surface area (TPSA) is 157 Å². The number of nitrogens with zero attached hydrogens (tertiary/aromatic N) is 6. The molecule has 50 heavy (non-hydrogen) atoms. The molecule has 2 aliphatic carbocycles. The second-order valence-electron chi connectivity index (χ2n) is 14.2. The fraction of sp³-hybridized carbons (Fsp3) is 0.583. The van der Waals surface area contributed by atoms with Gasteiger partial charge in [-0.15, -0.1) is 0 Å². The minimum absolute atomic E-state index is 0.0524. The lowest BCUT2D eigenvalue weighted by Gasteiger charge is -2.39. The number of carbonyl (C=O) groups excluding carboxylic acids is 3. The third-order valence-electron chi connectivity index (χ3n) is 10.7. The number of fused-ring (bicyclic) bond motifs is 1. The van der Waals surface area contributed by atoms with Crippen LogP contribution in [-0.4, -0.2) is 81.2 Å². The summed E-state index contributed by atoms with van der Waals surface area (Å²) >= 11 is 0. The molecule has 266 valence electrons. The maximum atomic E-state index is 13.5. The SMILES string of the molecule is [C-]#[N+]c1cn2[nH]c(-c3ccc(N4CCN(C(=O)[C@H]5CCCC[C@H]5C(=O)OCC)CC4)c([N+](=O)[O-])c3)nc2c1C(=O)OC1C(C)CC(C)CC1C. The molecule has 1 N–H and O–H groups in total. The van der Waals surface area contributed by atoms with E-state index in [-0.39, 0.29) is 59.0 Å². The van der Waals surface area contributed by atoms with Crippen molar-refractivity contribution in [3.8, 4) is 11.4 Å². The molecule has 3 fully saturated rings. The number of hydrogen-bond donors (Lipinski definition) is 1. The normalized spacial score (nSPS) is 25.6. The van der Waals surface area contributed by atoms with Gasteiger partial charge in [-0.05, 0) is 62.5 Å². The zero-order chi connectivity index (χ0) is 35.7. The second-order valence-corrected chi connectivity index (χ2v) is 14.2. The molecular formula is C36H45N7O7. The Morgan fingerprint density at radius 3 is 2.38 bits per heavy atom. The highest BCUT2D eigenvalue weighted by atomic mass is 16.6. The molecule has 1 aromatic carbocycles. The molecule has 6 rings (SSSR count). The van der Waals surface area contributed by atoms with E-state index < -0.39 is 22.7 Å². The van der Waals surface area contributed by atoms with Crippen LogP contribution in [0.5, 0.6) is 0 Å². The van der Waals surface area contributed by atoms with E-state index in [4.69, 9.17) is 16.0 Å². The van der Waals surface area contributed by atoms with Gasteiger partial charge in [-0.2, -0.15) is 0 Å². The monoisotopic (exact) mass is 687 g/mol. The summed E-state index contributed by atoms with van der Waals surface area (Å²) in [7, 11) is 0. The maximum Gasteiger partial charge on any atom is 0.331 e. The van der Waals surface area contributed by atoms with Gasteiger partial charge in [-0.25, -0.2) is 14.6 Å². The molecule has 0 bridgehead atoms. The molecule has 1 amide bonds. The van der Waals surface area contributed by atoms with Crippen molar-refractivity contribution in [2.24, 2.45) is 29.6 Å². The first kappa shape index (κ1) is 34.9. The number of aromatic amines is 1. The number of H-pyrrole nitrogens is 1. The molecule has 1 saturated heterocycles. The average molecular weight is 688 g/mol. The standard InChI is InChI=1S/C36H45N7O7/c1-6-49-35(45)26-10-8-7-9-25(26)34(44)41-15-13-40(14-16-41)28-12-11-24(19-29(28)43(47)48)32-38-33-30(27(37-5)20-42(33)39-32)36(46)50-31-22(3)17-21(2)18-23(31)4/h11-12,19-23,25-26,31H,6-10,13-18H2,1-4H3,(H,38,39)/t21?,22?,23?,25-,26+,31?/m0/s1. The number of benzene rings is 1. The van der Waals surface area contributed by atoms with E-state index in [1.807, 2.05) is 4.90 Å². The zero-order valence-corrected chi connectivity index (χ0v) is 29.1. The first-order chi connectivity index (χ1) is 24.0. The molecule has 4 atom stereocenters. The van der Waals surface area contributed by atoms with Crippen molar-refractivity contribution in [2.45, 2.75) is 72.3 Å². The van der Waals surface area contributed by atoms with Gasteiger partial charge in [-0.1, -0.05) is 33.6 Å². The summed E-state index contributed by atoms with van der Waals surface area (Å²) in [4.78, 5) is 63.3. The molecule has 3 aliphatic rings. The lowest BCUT2D eigenvalue weighted by molar-refractivity contribution is -0.384. The third-order valence-corrected chi connectivity index (χ3v) is 10.7. The van der Waals surface area contributed by atoms with Crippen molar-refractivity contribution in [3.63, 3.8) is 0 Å². The molecule has 3 aromatic rings. The van der Waals surface area contributed by atoms with Gasteiger partial charge in [0.1, 0.15) is 17.4 Å². The number of esters is 2. The molecule has 1 aliphatic heterocycles. The van der Waals surface area contributed by atoms with Gasteiger partial charge in [0.2, 0.25) is 11.6 Å². The summed E-state index contributed by atoms with van der Waals surface area (Å²) in [6.45, 7) is 17.6. The lowest BCUT2D eigenvalue weighted by atomic mass is 9.75. The van der Waals surface area contributed by atoms with E-state index in [9.17, 15) is 24.5 Å². The lowest BCUT2D eigenvalue weighted by Crippen LogP contribution is -2.52. The van der Waals surface area contributed by atoms with Crippen molar-refractivity contribution in [1.29, 1.82) is 0 Å². The fourth-order valence-corrected chi connectivity index (χ4v) is 8.39. The van der Waals surface area contributed by atoms with Gasteiger partial charge in [0, 0.05) is 44.0 Å². The Balaban J connectivity index is 1.19. The van der Waals surface area contributed by atoms with E-state index in [2.05, 4.69) is 35.7 Å². The van der Waals surface area contributed by atoms with Crippen molar-refractivity contribution < 1.29 is 28.8 Å². The van der Waals surface area contributed by atoms with Crippen LogP contribution in [0.4, 0.5) is 17.1 Å². The van der Waals surface area contributed by atoms with Gasteiger partial charge in [0.25, 0.3) is 5.69 Å². The van der Waals surface area contributed by atoms with E-state index >= 15 is 0 Å². The Kier molecular flexibility index (Phi) is 10.1. The molecule has 2 saturated carbocycles. The average Bonchev–Trinajstić information content (AvgIpc) is 3.67. The van der Waals surface area contributed by atoms with Gasteiger partial charge in [0.15, 0.2) is 11.5 Å². The summed E-state index contributed by atoms with van der Waals surface area (Å²) in [5.74, 6) is -0.582. The minimum Gasteiger partial charge on any atom is -0.466 e. The van der Waals surface area contributed by atoms with Crippen LogP contribution in [0.15, 0.2) is 24.4 Å². The molecule has 2 unspecified atom stereocenters. The Labute approximate surface area is 291 Å². The summed E-state index contributed by atoms with van der Waals surface area (Å²) in [5, 5.41) is 15.4. The number of carbonyl (C=O) groups is 3. The Morgan fingerprint density at radius 2 is 1.74 bits per heavy atom. The molecule has 0 radical (unpaired) electrons. The number of rotatable bonds is 8. The molecule has 14 nitrogen and oxygen atoms in total. The van der Waals surface area contributed by atoms with Gasteiger partial charge < -0.3 is 19.3 Å². The van der Waals surface area contributed by atoms with Crippen LogP contribution in [-0.2, 0) is 19.1 Å². The highest BCUT2D eigenvalue weighted by Gasteiger charge is 2.40. The quantitative estimate of drug-likeness (QED) is 0.129. The number of nitrogens with one attached hydrogen (secondary N) is 1. The number of aromatic nitrogens is 3. The van der Waals surface area contributed by atoms with Crippen molar-refractivity contribution in [2.75, 3.05) is 37.7 Å². The number of hydrogen-bond acceptors (Lipinski definition) is 9. The highest BCUT2D eigenvalue weighted by Crippen LogP contribution is 2.38. The largest absolute Gasteiger partial charge is 0.466 e. The van der Waals surface area contributed by atoms with Crippen LogP contribution in [0.25, 0.3) is 21.9 Å². The van der Waals surface area contributed by atoms with E-state index in [1.54, 1.807) is 24.0 Å². The van der Waals surface area contributed by atoms with Crippen molar-refractivity contribution in [1.82, 2.24) is 19.5 Å². The van der Waals surface area contributed by atoms with Crippen LogP contribution in [0.1, 0.15) is 76.6 Å². The molecule has 3 heterocycles. The number of nitro benzene ring substituents is 1. The predicted molar refractivity (Wildman–Crippen MR) is 185 cm³/mol. The van der Waals surface area contributed by atoms with Crippen molar-refractivity contribution >= 4 is 40.6 Å². The number of piperazine rings is 1. The van der Waals surface area contributed by atoms with E-state index in [0.29, 0.717) is 62.0 Å². The Morgan fingerprint density at radius 1 is 1.06 bits per heavy atom. The summed E-state index contributed by atoms with van der Waals surface area (Å²) < 4.78 is 12.7. The zero-order valence-electron chi connectivity index (χ0n) is 29.1. The number of anilines is 1. The number of ether oxygens (including phenoxy) is 2. The third kappa shape index (κ3) is 6.78. The smallest absolute Gasteiger partial charge is 0.331 e. The summed E-state index contributed by atoms with van der Waals surface area (Å²) in [5.41, 5.74) is 1.15. The maximum absolute atomic E-state index is 13.5. The van der Waals surface area contributed by atoms with Gasteiger partial charge >= 0.3 is 11.9 Å². The minimum atomic E-state index is -0.603. The number of nitro groups is 1. The second kappa shape index (κ2) is 14.5. The summed E-state index contributed by atoms with van der Waals surface area (Å²) in [6, 6.07) is 4.84. The van der Waals surface area contributed by atoms with Crippen molar-refractivity contribution in [3.05, 3.63) is 51.5 Å². The first-order valence-corrected chi connectivity index (χ1v) is 17.7. The van der Waals surface area contributed by atoms with E-state index in [0.717, 1.165) is 25.7 Å².